The van der Waals surface area contributed by atoms with Crippen LogP contribution in [0.4, 0.5) is 0 Å². The average Bonchev–Trinajstić information content (AvgIpc) is 3.11. The quantitative estimate of drug-likeness (QED) is 0.654. The molecule has 126 valence electrons. The van der Waals surface area contributed by atoms with Crippen LogP contribution in [0.5, 0.6) is 0 Å². The Labute approximate surface area is 148 Å². The number of carbonyl (C=O) groups excluding carboxylic acids is 1. The average molecular weight is 365 g/mol. The van der Waals surface area contributed by atoms with Gasteiger partial charge in [-0.25, -0.2) is 0 Å². The zero-order valence-corrected chi connectivity index (χ0v) is 15.0. The number of halogens is 1. The van der Waals surface area contributed by atoms with E-state index in [1.54, 1.807) is 24.0 Å². The topological polar surface area (TPSA) is 61.4 Å². The predicted molar refractivity (Wildman–Crippen MR) is 94.4 cm³/mol. The molecule has 0 unspecified atom stereocenters. The first-order chi connectivity index (χ1) is 11.6. The van der Waals surface area contributed by atoms with E-state index >= 15 is 0 Å². The monoisotopic (exact) mass is 364 g/mol. The molecule has 0 atom stereocenters. The molecule has 0 saturated heterocycles. The molecule has 0 radical (unpaired) electrons. The van der Waals surface area contributed by atoms with Crippen LogP contribution in [0, 0.1) is 0 Å². The van der Waals surface area contributed by atoms with Crippen molar-refractivity contribution in [1.29, 1.82) is 0 Å². The van der Waals surface area contributed by atoms with Crippen LogP contribution in [0.1, 0.15) is 17.4 Å². The highest BCUT2D eigenvalue weighted by Gasteiger charge is 2.11. The maximum atomic E-state index is 12.3. The summed E-state index contributed by atoms with van der Waals surface area (Å²) in [7, 11) is 1.76. The molecule has 6 nitrogen and oxygen atoms in total. The van der Waals surface area contributed by atoms with E-state index in [1.165, 1.54) is 11.3 Å². The largest absolute Gasteiger partial charge is 0.380 e. The molecule has 0 aliphatic heterocycles. The fourth-order valence-electron chi connectivity index (χ4n) is 2.32. The van der Waals surface area contributed by atoms with Gasteiger partial charge in [0.1, 0.15) is 0 Å². The van der Waals surface area contributed by atoms with Crippen LogP contribution in [0.25, 0.3) is 10.2 Å². The number of benzene rings is 1. The minimum atomic E-state index is -0.363. The molecule has 0 bridgehead atoms. The molecule has 3 aromatic rings. The molecule has 3 rings (SSSR count). The van der Waals surface area contributed by atoms with Crippen molar-refractivity contribution in [2.45, 2.75) is 13.5 Å². The summed E-state index contributed by atoms with van der Waals surface area (Å²) in [4.78, 5) is 17.2. The third-order valence-electron chi connectivity index (χ3n) is 3.44. The van der Waals surface area contributed by atoms with Crippen molar-refractivity contribution in [3.8, 4) is 0 Å². The van der Waals surface area contributed by atoms with Gasteiger partial charge in [0.05, 0.1) is 16.8 Å². The second-order valence-electron chi connectivity index (χ2n) is 5.14. The van der Waals surface area contributed by atoms with Gasteiger partial charge < -0.3 is 9.30 Å². The van der Waals surface area contributed by atoms with E-state index in [4.69, 9.17) is 16.3 Å². The maximum Gasteiger partial charge on any atom is 0.300 e. The summed E-state index contributed by atoms with van der Waals surface area (Å²) < 4.78 is 9.98. The summed E-state index contributed by atoms with van der Waals surface area (Å²) in [6.45, 7) is 3.76. The van der Waals surface area contributed by atoms with E-state index < -0.39 is 0 Å². The van der Waals surface area contributed by atoms with Crippen LogP contribution in [0.3, 0.4) is 0 Å². The minimum Gasteiger partial charge on any atom is -0.380 e. The first kappa shape index (κ1) is 16.9. The van der Waals surface area contributed by atoms with E-state index in [0.29, 0.717) is 35.3 Å². The van der Waals surface area contributed by atoms with E-state index in [2.05, 4.69) is 10.1 Å². The molecule has 0 saturated carbocycles. The maximum absolute atomic E-state index is 12.3. The molecule has 0 aliphatic rings. The molecule has 0 fully saturated rings. The number of amides is 1. The van der Waals surface area contributed by atoms with Gasteiger partial charge in [0.25, 0.3) is 5.91 Å². The number of fused-ring (bicyclic) bond motifs is 1. The lowest BCUT2D eigenvalue weighted by atomic mass is 10.3. The van der Waals surface area contributed by atoms with Gasteiger partial charge in [-0.2, -0.15) is 10.1 Å². The number of nitrogens with zero attached hydrogens (tertiary/aromatic N) is 4. The van der Waals surface area contributed by atoms with Crippen molar-refractivity contribution < 1.29 is 9.53 Å². The van der Waals surface area contributed by atoms with Crippen molar-refractivity contribution in [2.24, 2.45) is 12.0 Å². The van der Waals surface area contributed by atoms with E-state index in [1.807, 2.05) is 29.7 Å². The van der Waals surface area contributed by atoms with Crippen molar-refractivity contribution in [3.05, 3.63) is 46.0 Å². The summed E-state index contributed by atoms with van der Waals surface area (Å²) in [5, 5.41) is 4.76. The molecular weight excluding hydrogens is 348 g/mol. The predicted octanol–water partition coefficient (Wildman–Crippen LogP) is 2.87. The third kappa shape index (κ3) is 3.58. The standard InChI is InChI=1S/C16H17ClN4O2S/c1-3-23-9-8-21-13-5-4-11(17)10-14(13)24-16(21)18-15(22)12-6-7-20(2)19-12/h4-7,10H,3,8-9H2,1-2H3. The fourth-order valence-corrected chi connectivity index (χ4v) is 3.65. The van der Waals surface area contributed by atoms with E-state index in [-0.39, 0.29) is 5.91 Å². The first-order valence-corrected chi connectivity index (χ1v) is 8.73. The lowest BCUT2D eigenvalue weighted by Crippen LogP contribution is -2.20. The van der Waals surface area contributed by atoms with Crippen molar-refractivity contribution >= 4 is 39.1 Å². The van der Waals surface area contributed by atoms with Crippen LogP contribution >= 0.6 is 22.9 Å². The number of rotatable bonds is 5. The normalized spacial score (nSPS) is 12.2. The number of hydrogen-bond acceptors (Lipinski definition) is 4. The first-order valence-electron chi connectivity index (χ1n) is 7.54. The third-order valence-corrected chi connectivity index (χ3v) is 4.71. The van der Waals surface area contributed by atoms with Crippen LogP contribution in [0.15, 0.2) is 35.5 Å². The van der Waals surface area contributed by atoms with Crippen LogP contribution < -0.4 is 4.80 Å². The van der Waals surface area contributed by atoms with E-state index in [9.17, 15) is 4.79 Å². The molecular formula is C16H17ClN4O2S. The lowest BCUT2D eigenvalue weighted by Gasteiger charge is -2.05. The molecule has 2 aromatic heterocycles. The van der Waals surface area contributed by atoms with Crippen LogP contribution in [0.2, 0.25) is 5.02 Å². The smallest absolute Gasteiger partial charge is 0.300 e. The van der Waals surface area contributed by atoms with Crippen molar-refractivity contribution in [3.63, 3.8) is 0 Å². The molecule has 0 spiro atoms. The molecule has 0 N–H and O–H groups in total. The van der Waals surface area contributed by atoms with Crippen molar-refractivity contribution in [1.82, 2.24) is 14.3 Å². The molecule has 24 heavy (non-hydrogen) atoms. The van der Waals surface area contributed by atoms with Gasteiger partial charge in [-0.15, -0.1) is 0 Å². The van der Waals surface area contributed by atoms with Gasteiger partial charge in [0.15, 0.2) is 10.5 Å². The molecule has 1 aromatic carbocycles. The SMILES string of the molecule is CCOCCn1c(=NC(=O)c2ccn(C)n2)sc2cc(Cl)ccc21. The Balaban J connectivity index is 2.06. The molecule has 2 heterocycles. The highest BCUT2D eigenvalue weighted by atomic mass is 35.5. The van der Waals surface area contributed by atoms with Gasteiger partial charge in [-0.05, 0) is 31.2 Å². The summed E-state index contributed by atoms with van der Waals surface area (Å²) in [6, 6.07) is 7.30. The van der Waals surface area contributed by atoms with Gasteiger partial charge in [0.2, 0.25) is 0 Å². The molecule has 1 amide bonds. The second kappa shape index (κ2) is 7.29. The number of thiazole rings is 1. The van der Waals surface area contributed by atoms with Crippen molar-refractivity contribution in [2.75, 3.05) is 13.2 Å². The van der Waals surface area contributed by atoms with Gasteiger partial charge in [-0.3, -0.25) is 9.48 Å². The summed E-state index contributed by atoms with van der Waals surface area (Å²) in [5.74, 6) is -0.363. The number of ether oxygens (including phenoxy) is 1. The Kier molecular flexibility index (Phi) is 5.13. The molecule has 8 heteroatoms. The summed E-state index contributed by atoms with van der Waals surface area (Å²) in [6.07, 6.45) is 1.72. The summed E-state index contributed by atoms with van der Waals surface area (Å²) in [5.41, 5.74) is 1.31. The zero-order valence-electron chi connectivity index (χ0n) is 13.4. The van der Waals surface area contributed by atoms with Crippen LogP contribution in [-0.2, 0) is 18.3 Å². The Morgan fingerprint density at radius 1 is 1.42 bits per heavy atom. The summed E-state index contributed by atoms with van der Waals surface area (Å²) >= 11 is 7.50. The van der Waals surface area contributed by atoms with E-state index in [0.717, 1.165) is 10.2 Å². The molecule has 0 aliphatic carbocycles. The Morgan fingerprint density at radius 2 is 2.25 bits per heavy atom. The lowest BCUT2D eigenvalue weighted by molar-refractivity contribution is 0.0991. The highest BCUT2D eigenvalue weighted by Crippen LogP contribution is 2.22. The van der Waals surface area contributed by atoms with Gasteiger partial charge >= 0.3 is 0 Å². The van der Waals surface area contributed by atoms with Gasteiger partial charge in [0, 0.05) is 31.4 Å². The Bertz CT molecular complexity index is 941. The number of aromatic nitrogens is 3. The van der Waals surface area contributed by atoms with Crippen LogP contribution in [-0.4, -0.2) is 33.5 Å². The number of aryl methyl sites for hydroxylation is 1. The Hall–Kier alpha value is -1.96. The second-order valence-corrected chi connectivity index (χ2v) is 6.58. The number of hydrogen-bond donors (Lipinski definition) is 0. The minimum absolute atomic E-state index is 0.323. The zero-order chi connectivity index (χ0) is 17.1. The highest BCUT2D eigenvalue weighted by molar-refractivity contribution is 7.16. The van der Waals surface area contributed by atoms with Gasteiger partial charge in [-0.1, -0.05) is 22.9 Å². The fraction of sp³-hybridized carbons (Fsp3) is 0.312. The Morgan fingerprint density at radius 3 is 2.96 bits per heavy atom. The number of carbonyl (C=O) groups is 1.